The van der Waals surface area contributed by atoms with Crippen molar-refractivity contribution in [2.75, 3.05) is 31.4 Å². The van der Waals surface area contributed by atoms with Gasteiger partial charge in [0.05, 0.1) is 0 Å². The van der Waals surface area contributed by atoms with E-state index in [0.29, 0.717) is 32.3 Å². The lowest BCUT2D eigenvalue weighted by molar-refractivity contribution is 0.0398. The lowest BCUT2D eigenvalue weighted by Gasteiger charge is -2.50. The molecule has 3 heterocycles. The molecule has 4 aliphatic rings. The molecule has 1 aromatic heterocycles. The maximum absolute atomic E-state index is 14.4. The van der Waals surface area contributed by atoms with Crippen molar-refractivity contribution in [1.29, 1.82) is 0 Å². The molecular weight excluding hydrogens is 538 g/mol. The average molecular weight is 572 g/mol. The van der Waals surface area contributed by atoms with Crippen LogP contribution in [0.4, 0.5) is 0 Å². The van der Waals surface area contributed by atoms with E-state index in [1.54, 1.807) is 6.20 Å². The first-order valence-corrected chi connectivity index (χ1v) is 15.1. The molecule has 4 aromatic rings. The molecule has 1 unspecified atom stereocenters. The van der Waals surface area contributed by atoms with Crippen LogP contribution in [0, 0.1) is 5.92 Å². The van der Waals surface area contributed by atoms with Crippen LogP contribution in [-0.2, 0) is 23.3 Å². The van der Waals surface area contributed by atoms with Crippen molar-refractivity contribution in [2.24, 2.45) is 5.92 Å². The molecule has 2 aliphatic carbocycles. The summed E-state index contributed by atoms with van der Waals surface area (Å²) in [5.41, 5.74) is 6.42. The lowest BCUT2D eigenvalue weighted by atomic mass is 9.83. The number of ether oxygens (including phenoxy) is 2. The third-order valence-corrected chi connectivity index (χ3v) is 9.46. The Morgan fingerprint density at radius 3 is 2.44 bits per heavy atom. The topological polar surface area (TPSA) is 64.0 Å². The highest BCUT2D eigenvalue weighted by atomic mass is 16.5. The van der Waals surface area contributed by atoms with Crippen molar-refractivity contribution >= 4 is 12.0 Å². The van der Waals surface area contributed by atoms with Crippen LogP contribution >= 0.6 is 0 Å². The Morgan fingerprint density at radius 1 is 0.860 bits per heavy atom. The third kappa shape index (κ3) is 4.06. The monoisotopic (exact) mass is 571 g/mol. The number of rotatable bonds is 6. The Labute approximate surface area is 250 Å². The fourth-order valence-corrected chi connectivity index (χ4v) is 7.46. The average Bonchev–Trinajstić information content (AvgIpc) is 3.54. The van der Waals surface area contributed by atoms with E-state index in [9.17, 15) is 9.59 Å². The Bertz CT molecular complexity index is 1810. The van der Waals surface area contributed by atoms with Crippen LogP contribution in [0.1, 0.15) is 51.1 Å². The number of pyridine rings is 1. The van der Waals surface area contributed by atoms with E-state index in [1.807, 2.05) is 39.9 Å². The van der Waals surface area contributed by atoms with Crippen molar-refractivity contribution in [3.63, 3.8) is 0 Å². The Kier molecular flexibility index (Phi) is 6.22. The molecule has 1 saturated heterocycles. The van der Waals surface area contributed by atoms with Crippen LogP contribution in [0.25, 0.3) is 6.08 Å². The fourth-order valence-electron chi connectivity index (χ4n) is 7.46. The quantitative estimate of drug-likeness (QED) is 0.322. The predicted octanol–water partition coefficient (Wildman–Crippen LogP) is 5.10. The minimum atomic E-state index is -0.623. The molecule has 43 heavy (non-hydrogen) atoms. The van der Waals surface area contributed by atoms with Crippen LogP contribution in [0.15, 0.2) is 101 Å². The number of benzene rings is 3. The first kappa shape index (κ1) is 26.0. The zero-order valence-corrected chi connectivity index (χ0v) is 23.9. The molecule has 8 rings (SSSR count). The molecule has 1 fully saturated rings. The van der Waals surface area contributed by atoms with Gasteiger partial charge >= 0.3 is 0 Å². The summed E-state index contributed by atoms with van der Waals surface area (Å²) >= 11 is 0. The summed E-state index contributed by atoms with van der Waals surface area (Å²) < 4.78 is 13.8. The molecule has 2 aliphatic heterocycles. The van der Waals surface area contributed by atoms with Crippen molar-refractivity contribution < 1.29 is 14.3 Å². The summed E-state index contributed by atoms with van der Waals surface area (Å²) in [4.78, 5) is 29.8. The number of hydrogen-bond acceptors (Lipinski definition) is 5. The van der Waals surface area contributed by atoms with E-state index >= 15 is 0 Å². The first-order valence-electron chi connectivity index (χ1n) is 15.1. The third-order valence-electron chi connectivity index (χ3n) is 9.46. The second kappa shape index (κ2) is 10.3. The highest BCUT2D eigenvalue weighted by molar-refractivity contribution is 5.96. The second-order valence-corrected chi connectivity index (χ2v) is 11.9. The van der Waals surface area contributed by atoms with Crippen LogP contribution in [-0.4, -0.2) is 41.9 Å². The molecular formula is C36H33N3O4. The maximum Gasteiger partial charge on any atom is 0.277 e. The Hall–Kier alpha value is -4.62. The van der Waals surface area contributed by atoms with Gasteiger partial charge in [-0.05, 0) is 58.6 Å². The smallest absolute Gasteiger partial charge is 0.277 e. The molecule has 7 nitrogen and oxygen atoms in total. The van der Waals surface area contributed by atoms with E-state index < -0.39 is 5.54 Å². The number of carbonyl (C=O) groups is 1. The molecule has 0 radical (unpaired) electrons. The summed E-state index contributed by atoms with van der Waals surface area (Å²) in [6, 6.07) is 28.4. The van der Waals surface area contributed by atoms with Crippen molar-refractivity contribution in [1.82, 2.24) is 9.58 Å². The normalized spacial score (nSPS) is 20.7. The summed E-state index contributed by atoms with van der Waals surface area (Å²) in [7, 11) is 0. The Balaban J connectivity index is 1.32. The minimum absolute atomic E-state index is 0.0949. The maximum atomic E-state index is 14.4. The van der Waals surface area contributed by atoms with Gasteiger partial charge in [0.25, 0.3) is 5.91 Å². The molecule has 0 saturated carbocycles. The summed E-state index contributed by atoms with van der Waals surface area (Å²) in [5, 5.41) is 2.29. The summed E-state index contributed by atoms with van der Waals surface area (Å²) in [6.45, 7) is 2.58. The van der Waals surface area contributed by atoms with Crippen molar-refractivity contribution in [3.05, 3.63) is 140 Å². The SMILES string of the molecule is O=C1c2c(OCc3ccccc3)c(=O)ccn2N(C23C(=Cc4ccccc42)Cc2ccccc23)CN1CC1CCOCC1. The number of fused-ring (bicyclic) bond motifs is 6. The number of amides is 1. The van der Waals surface area contributed by atoms with E-state index in [0.717, 1.165) is 24.8 Å². The van der Waals surface area contributed by atoms with Gasteiger partial charge in [0.2, 0.25) is 5.43 Å². The molecule has 3 aromatic carbocycles. The van der Waals surface area contributed by atoms with Gasteiger partial charge in [0.1, 0.15) is 18.8 Å². The second-order valence-electron chi connectivity index (χ2n) is 11.9. The van der Waals surface area contributed by atoms with E-state index in [4.69, 9.17) is 9.47 Å². The van der Waals surface area contributed by atoms with Crippen molar-refractivity contribution in [2.45, 2.75) is 31.4 Å². The standard InChI is InChI=1S/C36H33N3O4/c40-32-14-17-38-33(34(32)43-23-26-8-2-1-3-9-26)35(41)37(22-25-15-18-42-19-16-25)24-39(38)36-29(20-27-10-4-6-12-30(27)36)21-28-11-5-7-13-31(28)36/h1-14,17,20,25H,15-16,18-19,21-24H2. The highest BCUT2D eigenvalue weighted by Gasteiger charge is 2.55. The fraction of sp³-hybridized carbons (Fsp3) is 0.278. The van der Waals surface area contributed by atoms with E-state index in [2.05, 4.69) is 59.6 Å². The van der Waals surface area contributed by atoms with Gasteiger partial charge in [-0.25, -0.2) is 0 Å². The zero-order valence-electron chi connectivity index (χ0n) is 23.9. The molecule has 1 amide bonds. The molecule has 0 N–H and O–H groups in total. The van der Waals surface area contributed by atoms with Gasteiger partial charge in [0.15, 0.2) is 11.4 Å². The van der Waals surface area contributed by atoms with Gasteiger partial charge in [-0.2, -0.15) is 0 Å². The first-order chi connectivity index (χ1) is 21.1. The number of carbonyl (C=O) groups excluding carboxylic acids is 1. The molecule has 7 heteroatoms. The lowest BCUT2D eigenvalue weighted by Crippen LogP contribution is -2.63. The van der Waals surface area contributed by atoms with Gasteiger partial charge in [-0.3, -0.25) is 19.3 Å². The summed E-state index contributed by atoms with van der Waals surface area (Å²) in [5.74, 6) is 0.245. The van der Waals surface area contributed by atoms with Gasteiger partial charge < -0.3 is 14.4 Å². The number of nitrogens with zero attached hydrogens (tertiary/aromatic N) is 3. The number of hydrogen-bond donors (Lipinski definition) is 0. The van der Waals surface area contributed by atoms with Gasteiger partial charge in [-0.1, -0.05) is 84.9 Å². The summed E-state index contributed by atoms with van der Waals surface area (Å²) in [6.07, 6.45) is 6.70. The van der Waals surface area contributed by atoms with Crippen LogP contribution in [0.2, 0.25) is 0 Å². The Morgan fingerprint density at radius 2 is 1.60 bits per heavy atom. The van der Waals surface area contributed by atoms with Crippen molar-refractivity contribution in [3.8, 4) is 5.75 Å². The molecule has 216 valence electrons. The van der Waals surface area contributed by atoms with Crippen LogP contribution in [0.3, 0.4) is 0 Å². The highest BCUT2D eigenvalue weighted by Crippen LogP contribution is 2.55. The number of aromatic nitrogens is 1. The van der Waals surface area contributed by atoms with Crippen LogP contribution < -0.4 is 15.2 Å². The molecule has 1 atom stereocenters. The van der Waals surface area contributed by atoms with Crippen LogP contribution in [0.5, 0.6) is 5.75 Å². The predicted molar refractivity (Wildman–Crippen MR) is 164 cm³/mol. The molecule has 0 spiro atoms. The van der Waals surface area contributed by atoms with Gasteiger partial charge in [-0.15, -0.1) is 0 Å². The zero-order chi connectivity index (χ0) is 29.0. The largest absolute Gasteiger partial charge is 0.482 e. The minimum Gasteiger partial charge on any atom is -0.482 e. The van der Waals surface area contributed by atoms with Gasteiger partial charge in [0, 0.05) is 32.0 Å². The molecule has 0 bridgehead atoms. The van der Waals surface area contributed by atoms with E-state index in [1.165, 1.54) is 33.9 Å². The van der Waals surface area contributed by atoms with E-state index in [-0.39, 0.29) is 29.4 Å².